The Morgan fingerprint density at radius 2 is 2.43 bits per heavy atom. The zero-order chi connectivity index (χ0) is 10.8. The standard InChI is InChI=1S/C9H10F2O3/c1-2-14-8(13)9(11)5-6(10)3-4-7(9)12/h3-5,7,12H,2H2,1H3. The van der Waals surface area contributed by atoms with Gasteiger partial charge in [-0.15, -0.1) is 0 Å². The highest BCUT2D eigenvalue weighted by Gasteiger charge is 2.46. The van der Waals surface area contributed by atoms with Crippen molar-refractivity contribution in [1.29, 1.82) is 0 Å². The molecule has 2 unspecified atom stereocenters. The van der Waals surface area contributed by atoms with Gasteiger partial charge in [-0.3, -0.25) is 0 Å². The van der Waals surface area contributed by atoms with E-state index in [0.717, 1.165) is 12.2 Å². The average molecular weight is 204 g/mol. The predicted molar refractivity (Wildman–Crippen MR) is 44.8 cm³/mol. The summed E-state index contributed by atoms with van der Waals surface area (Å²) in [6, 6.07) is 0. The molecule has 5 heteroatoms. The normalized spacial score (nSPS) is 31.1. The first-order valence-electron chi connectivity index (χ1n) is 4.11. The SMILES string of the molecule is CCOC(=O)C1(F)C=C(F)C=CC1O. The molecular formula is C9H10F2O3. The van der Waals surface area contributed by atoms with Crippen LogP contribution >= 0.6 is 0 Å². The minimum Gasteiger partial charge on any atom is -0.463 e. The van der Waals surface area contributed by atoms with Crippen LogP contribution in [0.4, 0.5) is 8.78 Å². The van der Waals surface area contributed by atoms with Gasteiger partial charge in [0.05, 0.1) is 6.61 Å². The Morgan fingerprint density at radius 1 is 1.79 bits per heavy atom. The van der Waals surface area contributed by atoms with Crippen molar-refractivity contribution in [2.45, 2.75) is 18.7 Å². The van der Waals surface area contributed by atoms with Crippen LogP contribution < -0.4 is 0 Å². The van der Waals surface area contributed by atoms with E-state index in [1.807, 2.05) is 0 Å². The molecule has 2 atom stereocenters. The van der Waals surface area contributed by atoms with Crippen molar-refractivity contribution in [3.63, 3.8) is 0 Å². The van der Waals surface area contributed by atoms with E-state index in [-0.39, 0.29) is 6.61 Å². The third-order valence-electron chi connectivity index (χ3n) is 1.80. The molecule has 0 fully saturated rings. The molecule has 0 spiro atoms. The maximum Gasteiger partial charge on any atom is 0.351 e. The molecule has 0 aromatic carbocycles. The molecule has 1 aliphatic carbocycles. The Morgan fingerprint density at radius 3 is 3.00 bits per heavy atom. The van der Waals surface area contributed by atoms with Gasteiger partial charge in [-0.25, -0.2) is 13.6 Å². The molecular weight excluding hydrogens is 194 g/mol. The topological polar surface area (TPSA) is 46.5 Å². The van der Waals surface area contributed by atoms with E-state index in [0.29, 0.717) is 6.08 Å². The fourth-order valence-corrected chi connectivity index (χ4v) is 1.08. The predicted octanol–water partition coefficient (Wildman–Crippen LogP) is 1.04. The first kappa shape index (κ1) is 10.8. The van der Waals surface area contributed by atoms with E-state index in [2.05, 4.69) is 4.74 Å². The van der Waals surface area contributed by atoms with Crippen LogP contribution in [0.2, 0.25) is 0 Å². The zero-order valence-electron chi connectivity index (χ0n) is 7.54. The van der Waals surface area contributed by atoms with Crippen molar-refractivity contribution in [3.8, 4) is 0 Å². The second-order valence-electron chi connectivity index (χ2n) is 2.82. The van der Waals surface area contributed by atoms with Gasteiger partial charge in [-0.05, 0) is 19.1 Å². The molecule has 0 aliphatic heterocycles. The molecule has 0 aromatic heterocycles. The van der Waals surface area contributed by atoms with Crippen LogP contribution in [0, 0.1) is 0 Å². The van der Waals surface area contributed by atoms with Gasteiger partial charge in [0.2, 0.25) is 0 Å². The van der Waals surface area contributed by atoms with Gasteiger partial charge in [0.1, 0.15) is 11.9 Å². The molecule has 1 rings (SSSR count). The van der Waals surface area contributed by atoms with E-state index in [4.69, 9.17) is 5.11 Å². The Balaban J connectivity index is 2.92. The van der Waals surface area contributed by atoms with Crippen molar-refractivity contribution in [3.05, 3.63) is 24.1 Å². The lowest BCUT2D eigenvalue weighted by atomic mass is 9.94. The van der Waals surface area contributed by atoms with Crippen LogP contribution in [0.1, 0.15) is 6.92 Å². The lowest BCUT2D eigenvalue weighted by molar-refractivity contribution is -0.159. The number of carbonyl (C=O) groups is 1. The summed E-state index contributed by atoms with van der Waals surface area (Å²) in [7, 11) is 0. The summed E-state index contributed by atoms with van der Waals surface area (Å²) in [5, 5.41) is 9.17. The number of aliphatic hydroxyl groups is 1. The van der Waals surface area contributed by atoms with Gasteiger partial charge in [0.15, 0.2) is 0 Å². The first-order valence-corrected chi connectivity index (χ1v) is 4.11. The van der Waals surface area contributed by atoms with Crippen molar-refractivity contribution in [2.75, 3.05) is 6.61 Å². The molecule has 0 heterocycles. The zero-order valence-corrected chi connectivity index (χ0v) is 7.54. The number of hydrogen-bond acceptors (Lipinski definition) is 3. The quantitative estimate of drug-likeness (QED) is 0.683. The van der Waals surface area contributed by atoms with Gasteiger partial charge in [-0.2, -0.15) is 0 Å². The molecule has 78 valence electrons. The summed E-state index contributed by atoms with van der Waals surface area (Å²) >= 11 is 0. The second kappa shape index (κ2) is 3.88. The highest BCUT2D eigenvalue weighted by Crippen LogP contribution is 2.28. The lowest BCUT2D eigenvalue weighted by Crippen LogP contribution is -2.45. The number of hydrogen-bond donors (Lipinski definition) is 1. The van der Waals surface area contributed by atoms with Gasteiger partial charge in [0.25, 0.3) is 5.67 Å². The molecule has 0 aromatic rings. The highest BCUT2D eigenvalue weighted by atomic mass is 19.1. The number of esters is 1. The van der Waals surface area contributed by atoms with Crippen LogP contribution in [-0.4, -0.2) is 29.5 Å². The fourth-order valence-electron chi connectivity index (χ4n) is 1.08. The molecule has 3 nitrogen and oxygen atoms in total. The van der Waals surface area contributed by atoms with Gasteiger partial charge in [-0.1, -0.05) is 0 Å². The van der Waals surface area contributed by atoms with Crippen LogP contribution in [0.15, 0.2) is 24.1 Å². The third kappa shape index (κ3) is 1.82. The van der Waals surface area contributed by atoms with Crippen molar-refractivity contribution in [1.82, 2.24) is 0 Å². The lowest BCUT2D eigenvalue weighted by Gasteiger charge is -2.25. The van der Waals surface area contributed by atoms with E-state index in [1.165, 1.54) is 6.92 Å². The number of ether oxygens (including phenoxy) is 1. The number of carbonyl (C=O) groups excluding carboxylic acids is 1. The Kier molecular flexibility index (Phi) is 3.00. The monoisotopic (exact) mass is 204 g/mol. The maximum atomic E-state index is 13.7. The molecule has 0 saturated carbocycles. The molecule has 0 bridgehead atoms. The summed E-state index contributed by atoms with van der Waals surface area (Å²) in [6.45, 7) is 1.46. The summed E-state index contributed by atoms with van der Waals surface area (Å²) in [6.07, 6.45) is 0.463. The minimum atomic E-state index is -2.81. The molecule has 1 aliphatic rings. The average Bonchev–Trinajstić information content (AvgIpc) is 2.12. The number of aliphatic hydroxyl groups excluding tert-OH is 1. The Labute approximate surface area is 79.7 Å². The van der Waals surface area contributed by atoms with Crippen LogP contribution in [0.25, 0.3) is 0 Å². The van der Waals surface area contributed by atoms with Crippen molar-refractivity contribution >= 4 is 5.97 Å². The number of alkyl halides is 1. The molecule has 0 radical (unpaired) electrons. The van der Waals surface area contributed by atoms with Crippen LogP contribution in [0.3, 0.4) is 0 Å². The maximum absolute atomic E-state index is 13.7. The molecule has 0 amide bonds. The summed E-state index contributed by atoms with van der Waals surface area (Å²) in [5.74, 6) is -2.20. The molecule has 1 N–H and O–H groups in total. The van der Waals surface area contributed by atoms with E-state index >= 15 is 0 Å². The molecule has 14 heavy (non-hydrogen) atoms. The van der Waals surface area contributed by atoms with Crippen LogP contribution in [-0.2, 0) is 9.53 Å². The summed E-state index contributed by atoms with van der Waals surface area (Å²) in [5.41, 5.74) is -2.81. The number of halogens is 2. The summed E-state index contributed by atoms with van der Waals surface area (Å²) < 4.78 is 30.8. The minimum absolute atomic E-state index is 0.0314. The van der Waals surface area contributed by atoms with Crippen molar-refractivity contribution < 1.29 is 23.4 Å². The summed E-state index contributed by atoms with van der Waals surface area (Å²) in [4.78, 5) is 11.1. The van der Waals surface area contributed by atoms with Gasteiger partial charge >= 0.3 is 5.97 Å². The van der Waals surface area contributed by atoms with Gasteiger partial charge < -0.3 is 9.84 Å². The van der Waals surface area contributed by atoms with Crippen molar-refractivity contribution in [2.24, 2.45) is 0 Å². The number of rotatable bonds is 2. The van der Waals surface area contributed by atoms with Crippen LogP contribution in [0.5, 0.6) is 0 Å². The first-order chi connectivity index (χ1) is 6.50. The Hall–Kier alpha value is -1.23. The smallest absolute Gasteiger partial charge is 0.351 e. The Bertz CT molecular complexity index is 298. The van der Waals surface area contributed by atoms with E-state index < -0.39 is 23.6 Å². The second-order valence-corrected chi connectivity index (χ2v) is 2.82. The third-order valence-corrected chi connectivity index (χ3v) is 1.80. The van der Waals surface area contributed by atoms with E-state index in [9.17, 15) is 13.6 Å². The molecule has 0 saturated heterocycles. The largest absolute Gasteiger partial charge is 0.463 e. The van der Waals surface area contributed by atoms with Gasteiger partial charge in [0, 0.05) is 6.08 Å². The number of allylic oxidation sites excluding steroid dienone is 2. The highest BCUT2D eigenvalue weighted by molar-refractivity contribution is 5.84. The van der Waals surface area contributed by atoms with E-state index in [1.54, 1.807) is 0 Å². The fraction of sp³-hybridized carbons (Fsp3) is 0.444.